The third kappa shape index (κ3) is 4.43. The van der Waals surface area contributed by atoms with Crippen LogP contribution in [-0.4, -0.2) is 53.5 Å². The number of carbonyl (C=O) groups excluding carboxylic acids is 3. The number of ketones is 2. The van der Waals surface area contributed by atoms with Gasteiger partial charge in [0.05, 0.1) is 12.2 Å². The number of hydrogen-bond donors (Lipinski definition) is 3. The number of rotatable bonds is 7. The van der Waals surface area contributed by atoms with Crippen molar-refractivity contribution >= 4 is 23.3 Å². The smallest absolute Gasteiger partial charge is 0.407 e. The number of benzene rings is 1. The normalized spacial score (nSPS) is 39.9. The second-order valence-electron chi connectivity index (χ2n) is 13.2. The van der Waals surface area contributed by atoms with E-state index < -0.39 is 47.6 Å². The number of fused-ring (bicyclic) bond motifs is 7. The Balaban J connectivity index is 1.23. The first-order chi connectivity index (χ1) is 20.0. The lowest BCUT2D eigenvalue weighted by molar-refractivity contribution is -0.200. The fourth-order valence-corrected chi connectivity index (χ4v) is 9.10. The summed E-state index contributed by atoms with van der Waals surface area (Å²) >= 11 is 0. The van der Waals surface area contributed by atoms with Crippen molar-refractivity contribution in [3.05, 3.63) is 53.6 Å². The van der Waals surface area contributed by atoms with Gasteiger partial charge in [-0.05, 0) is 73.8 Å². The van der Waals surface area contributed by atoms with Crippen molar-refractivity contribution in [2.45, 2.75) is 89.9 Å². The summed E-state index contributed by atoms with van der Waals surface area (Å²) in [6.07, 6.45) is 6.99. The zero-order valence-electron chi connectivity index (χ0n) is 24.6. The van der Waals surface area contributed by atoms with E-state index in [1.165, 1.54) is 0 Å². The fraction of sp³-hybridized carbons (Fsp3) is 0.606. The third-order valence-electron chi connectivity index (χ3n) is 11.0. The van der Waals surface area contributed by atoms with E-state index >= 15 is 0 Å². The van der Waals surface area contributed by atoms with Crippen LogP contribution in [0.2, 0.25) is 0 Å². The molecule has 1 aromatic rings. The van der Waals surface area contributed by atoms with E-state index in [0.717, 1.165) is 30.4 Å². The summed E-state index contributed by atoms with van der Waals surface area (Å²) in [5.41, 5.74) is 5.85. The number of amides is 1. The van der Waals surface area contributed by atoms with E-state index in [1.807, 2.05) is 25.1 Å². The maximum atomic E-state index is 14.2. The Kier molecular flexibility index (Phi) is 7.35. The topological polar surface area (TPSA) is 137 Å². The Morgan fingerprint density at radius 1 is 1.21 bits per heavy atom. The number of aliphatic hydroxyl groups excluding tert-OH is 1. The van der Waals surface area contributed by atoms with E-state index in [-0.39, 0.29) is 35.9 Å². The van der Waals surface area contributed by atoms with E-state index in [0.29, 0.717) is 24.9 Å². The van der Waals surface area contributed by atoms with E-state index in [9.17, 15) is 19.5 Å². The molecule has 9 atom stereocenters. The quantitative estimate of drug-likeness (QED) is 0.409. The van der Waals surface area contributed by atoms with Gasteiger partial charge in [0.25, 0.3) is 0 Å². The van der Waals surface area contributed by atoms with Gasteiger partial charge in [-0.2, -0.15) is 0 Å². The molecule has 1 aliphatic heterocycles. The number of Topliss-reactive ketones (excluding diaryl/α,β-unsaturated/α-hetero) is 1. The van der Waals surface area contributed by atoms with Gasteiger partial charge in [0, 0.05) is 29.0 Å². The number of nitrogen functional groups attached to an aromatic ring is 1. The highest BCUT2D eigenvalue weighted by molar-refractivity contribution is 6.01. The van der Waals surface area contributed by atoms with Crippen LogP contribution in [0.1, 0.15) is 64.9 Å². The zero-order valence-corrected chi connectivity index (χ0v) is 24.6. The molecule has 9 heteroatoms. The van der Waals surface area contributed by atoms with Gasteiger partial charge < -0.3 is 30.4 Å². The molecule has 3 unspecified atom stereocenters. The molecule has 9 nitrogen and oxygen atoms in total. The first kappa shape index (κ1) is 29.1. The Labute approximate surface area is 246 Å². The van der Waals surface area contributed by atoms with Crippen LogP contribution in [0.4, 0.5) is 10.5 Å². The van der Waals surface area contributed by atoms with Crippen LogP contribution in [0.3, 0.4) is 0 Å². The van der Waals surface area contributed by atoms with Gasteiger partial charge in [-0.25, -0.2) is 4.79 Å². The minimum absolute atomic E-state index is 0.00252. The Morgan fingerprint density at radius 2 is 1.98 bits per heavy atom. The van der Waals surface area contributed by atoms with Gasteiger partial charge >= 0.3 is 6.09 Å². The van der Waals surface area contributed by atoms with Gasteiger partial charge in [-0.15, -0.1) is 0 Å². The van der Waals surface area contributed by atoms with Crippen LogP contribution in [-0.2, 0) is 30.3 Å². The van der Waals surface area contributed by atoms with Crippen LogP contribution >= 0.6 is 0 Å². The highest BCUT2D eigenvalue weighted by Crippen LogP contribution is 2.69. The van der Waals surface area contributed by atoms with Crippen molar-refractivity contribution in [1.82, 2.24) is 5.32 Å². The number of alkyl carbamates (subject to hydrolysis) is 1. The molecule has 1 heterocycles. The second kappa shape index (κ2) is 10.6. The predicted octanol–water partition coefficient (Wildman–Crippen LogP) is 4.23. The van der Waals surface area contributed by atoms with Crippen LogP contribution in [0.15, 0.2) is 48.1 Å². The molecule has 4 N–H and O–H groups in total. The molecule has 4 aliphatic carbocycles. The molecular weight excluding hydrogens is 536 g/mol. The molecule has 6 rings (SSSR count). The van der Waals surface area contributed by atoms with Crippen molar-refractivity contribution in [2.75, 3.05) is 12.3 Å². The standard InChI is InChI=1S/C33H42N2O7/c1-4-5-28-41-27-15-24-23-11-8-20-14-22(36)12-13-31(20,2)29(23)25(37)16-32(24,3)33(27,42-28)26(38)18-40-30(39)35-17-19-6-9-21(34)10-7-19/h6-7,9-10,12-14,23-25,27-29,37H,4-5,8,11,15-18,34H2,1-3H3,(H,35,39)/t23-,24?,25-,27+,28?,29?,31-,32-,33+/m0/s1. The lowest BCUT2D eigenvalue weighted by Gasteiger charge is -2.59. The molecule has 0 bridgehead atoms. The van der Waals surface area contributed by atoms with Gasteiger partial charge in [0.2, 0.25) is 5.78 Å². The van der Waals surface area contributed by atoms with E-state index in [4.69, 9.17) is 19.9 Å². The number of ether oxygens (including phenoxy) is 3. The van der Waals surface area contributed by atoms with Crippen molar-refractivity contribution < 1.29 is 33.7 Å². The highest BCUT2D eigenvalue weighted by atomic mass is 16.7. The summed E-state index contributed by atoms with van der Waals surface area (Å²) in [7, 11) is 0. The molecule has 1 saturated heterocycles. The first-order valence-corrected chi connectivity index (χ1v) is 15.3. The second-order valence-corrected chi connectivity index (χ2v) is 13.2. The number of carbonyl (C=O) groups is 3. The van der Waals surface area contributed by atoms with Gasteiger partial charge in [0.1, 0.15) is 0 Å². The van der Waals surface area contributed by atoms with Crippen molar-refractivity contribution in [3.63, 3.8) is 0 Å². The van der Waals surface area contributed by atoms with Crippen molar-refractivity contribution in [2.24, 2.45) is 28.6 Å². The molecule has 42 heavy (non-hydrogen) atoms. The molecule has 1 aromatic carbocycles. The van der Waals surface area contributed by atoms with Crippen LogP contribution in [0.25, 0.3) is 0 Å². The van der Waals surface area contributed by atoms with E-state index in [1.54, 1.807) is 24.3 Å². The molecule has 226 valence electrons. The fourth-order valence-electron chi connectivity index (χ4n) is 9.10. The molecule has 0 radical (unpaired) electrons. The SMILES string of the molecule is CCCC1O[C@@H]2CC3[C@@H]4CCC5=CC(=O)C=C[C@]5(C)C4[C@@H](O)C[C@]3(C)[C@]2(C(=O)COC(=O)NCc2ccc(N)cc2)O1. The summed E-state index contributed by atoms with van der Waals surface area (Å²) in [6.45, 7) is 6.02. The van der Waals surface area contributed by atoms with Crippen molar-refractivity contribution in [1.29, 1.82) is 0 Å². The maximum Gasteiger partial charge on any atom is 0.407 e. The summed E-state index contributed by atoms with van der Waals surface area (Å²) in [5.74, 6) is -0.221. The predicted molar refractivity (Wildman–Crippen MR) is 155 cm³/mol. The summed E-state index contributed by atoms with van der Waals surface area (Å²) < 4.78 is 18.5. The number of hydrogen-bond acceptors (Lipinski definition) is 8. The average Bonchev–Trinajstić information content (AvgIpc) is 3.43. The van der Waals surface area contributed by atoms with Crippen molar-refractivity contribution in [3.8, 4) is 0 Å². The summed E-state index contributed by atoms with van der Waals surface area (Å²) in [4.78, 5) is 39.0. The maximum absolute atomic E-state index is 14.2. The largest absolute Gasteiger partial charge is 0.441 e. The van der Waals surface area contributed by atoms with Gasteiger partial charge in [0.15, 0.2) is 24.3 Å². The number of allylic oxidation sites excluding steroid dienone is 4. The minimum Gasteiger partial charge on any atom is -0.441 e. The molecule has 1 amide bonds. The number of anilines is 1. The zero-order chi connectivity index (χ0) is 29.9. The van der Waals surface area contributed by atoms with E-state index in [2.05, 4.69) is 19.2 Å². The molecule has 0 aromatic heterocycles. The molecule has 5 aliphatic rings. The monoisotopic (exact) mass is 578 g/mol. The van der Waals surface area contributed by atoms with Gasteiger partial charge in [-0.1, -0.05) is 51.0 Å². The van der Waals surface area contributed by atoms with Crippen LogP contribution < -0.4 is 11.1 Å². The lowest BCUT2D eigenvalue weighted by Crippen LogP contribution is -2.63. The highest BCUT2D eigenvalue weighted by Gasteiger charge is 2.75. The summed E-state index contributed by atoms with van der Waals surface area (Å²) in [5, 5.41) is 14.5. The van der Waals surface area contributed by atoms with Crippen LogP contribution in [0.5, 0.6) is 0 Å². The Morgan fingerprint density at radius 3 is 2.71 bits per heavy atom. The van der Waals surface area contributed by atoms with Crippen LogP contribution in [0, 0.1) is 28.6 Å². The first-order valence-electron chi connectivity index (χ1n) is 15.3. The molecule has 0 spiro atoms. The third-order valence-corrected chi connectivity index (χ3v) is 11.0. The molecular formula is C33H42N2O7. The number of nitrogens with one attached hydrogen (secondary N) is 1. The van der Waals surface area contributed by atoms with Gasteiger partial charge in [-0.3, -0.25) is 9.59 Å². The lowest BCUT2D eigenvalue weighted by atomic mass is 9.46. The summed E-state index contributed by atoms with van der Waals surface area (Å²) in [6, 6.07) is 7.13. The Bertz CT molecular complexity index is 1320. The Hall–Kier alpha value is -3.01. The molecule has 3 saturated carbocycles. The minimum atomic E-state index is -1.32. The number of aliphatic hydroxyl groups is 1. The molecule has 4 fully saturated rings. The number of nitrogens with two attached hydrogens (primary N) is 1. The average molecular weight is 579 g/mol.